The molecule has 2 saturated heterocycles. The van der Waals surface area contributed by atoms with Crippen LogP contribution in [0.15, 0.2) is 24.3 Å². The summed E-state index contributed by atoms with van der Waals surface area (Å²) in [5.74, 6) is -0.539. The minimum atomic E-state index is -0.433. The Morgan fingerprint density at radius 3 is 2.43 bits per heavy atom. The third-order valence-corrected chi connectivity index (χ3v) is 5.74. The molecule has 2 fully saturated rings. The summed E-state index contributed by atoms with van der Waals surface area (Å²) in [5, 5.41) is 4.33. The largest absolute Gasteiger partial charge is 0.381 e. The quantitative estimate of drug-likeness (QED) is 0.814. The number of aromatic nitrogens is 2. The number of amides is 1. The highest BCUT2D eigenvalue weighted by atomic mass is 19.1. The Hall–Kier alpha value is -2.25. The van der Waals surface area contributed by atoms with Gasteiger partial charge in [0.25, 0.3) is 5.91 Å². The maximum atomic E-state index is 14.7. The maximum Gasteiger partial charge on any atom is 0.254 e. The van der Waals surface area contributed by atoms with Crippen molar-refractivity contribution < 1.29 is 13.9 Å². The van der Waals surface area contributed by atoms with E-state index in [-0.39, 0.29) is 5.91 Å². The first-order valence-electron chi connectivity index (χ1n) is 9.97. The van der Waals surface area contributed by atoms with Crippen LogP contribution in [-0.4, -0.2) is 70.9 Å². The van der Waals surface area contributed by atoms with E-state index in [1.54, 1.807) is 16.8 Å². The smallest absolute Gasteiger partial charge is 0.254 e. The third kappa shape index (κ3) is 3.82. The van der Waals surface area contributed by atoms with Crippen molar-refractivity contribution in [3.8, 4) is 5.69 Å². The zero-order chi connectivity index (χ0) is 19.7. The Kier molecular flexibility index (Phi) is 5.46. The van der Waals surface area contributed by atoms with Gasteiger partial charge < -0.3 is 9.64 Å². The fourth-order valence-corrected chi connectivity index (χ4v) is 4.21. The Labute approximate surface area is 164 Å². The number of ether oxygens (including phenoxy) is 1. The number of carbonyl (C=O) groups excluding carboxylic acids is 1. The van der Waals surface area contributed by atoms with Crippen LogP contribution in [0.2, 0.25) is 0 Å². The summed E-state index contributed by atoms with van der Waals surface area (Å²) < 4.78 is 21.7. The molecular weight excluding hydrogens is 359 g/mol. The Morgan fingerprint density at radius 2 is 1.82 bits per heavy atom. The summed E-state index contributed by atoms with van der Waals surface area (Å²) in [5.41, 5.74) is 2.45. The molecule has 0 saturated carbocycles. The number of carbonyl (C=O) groups is 1. The van der Waals surface area contributed by atoms with E-state index in [4.69, 9.17) is 4.74 Å². The first kappa shape index (κ1) is 19.1. The third-order valence-electron chi connectivity index (χ3n) is 5.74. The molecule has 0 unspecified atom stereocenters. The van der Waals surface area contributed by atoms with Crippen molar-refractivity contribution in [2.75, 3.05) is 39.4 Å². The predicted octanol–water partition coefficient (Wildman–Crippen LogP) is 2.57. The second-order valence-corrected chi connectivity index (χ2v) is 7.68. The Balaban J connectivity index is 1.42. The van der Waals surface area contributed by atoms with Crippen LogP contribution >= 0.6 is 0 Å². The molecule has 4 rings (SSSR count). The van der Waals surface area contributed by atoms with E-state index in [9.17, 15) is 9.18 Å². The molecule has 0 atom stereocenters. The Bertz CT molecular complexity index is 852. The van der Waals surface area contributed by atoms with E-state index >= 15 is 0 Å². The van der Waals surface area contributed by atoms with Crippen LogP contribution in [-0.2, 0) is 4.74 Å². The number of piperazine rings is 1. The zero-order valence-electron chi connectivity index (χ0n) is 16.5. The van der Waals surface area contributed by atoms with Crippen molar-refractivity contribution in [2.45, 2.75) is 32.7 Å². The standard InChI is InChI=1S/C21H27FN4O2/c1-15-13-16(2)26(23-15)20-4-3-17(14-19(20)22)21(27)25-9-7-24(8-10-25)18-5-11-28-12-6-18/h3-4,13-14,18H,5-12H2,1-2H3. The fourth-order valence-electron chi connectivity index (χ4n) is 4.21. The molecule has 3 heterocycles. The van der Waals surface area contributed by atoms with Gasteiger partial charge in [0, 0.05) is 56.7 Å². The van der Waals surface area contributed by atoms with Crippen LogP contribution in [0, 0.1) is 19.7 Å². The summed E-state index contributed by atoms with van der Waals surface area (Å²) in [6.07, 6.45) is 2.12. The van der Waals surface area contributed by atoms with Gasteiger partial charge in [0.1, 0.15) is 11.5 Å². The van der Waals surface area contributed by atoms with Crippen LogP contribution < -0.4 is 0 Å². The van der Waals surface area contributed by atoms with Crippen LogP contribution in [0.5, 0.6) is 0 Å². The van der Waals surface area contributed by atoms with Crippen LogP contribution in [0.4, 0.5) is 4.39 Å². The van der Waals surface area contributed by atoms with Gasteiger partial charge in [0.15, 0.2) is 0 Å². The van der Waals surface area contributed by atoms with Crippen LogP contribution in [0.3, 0.4) is 0 Å². The van der Waals surface area contributed by atoms with Gasteiger partial charge in [-0.3, -0.25) is 9.69 Å². The van der Waals surface area contributed by atoms with Gasteiger partial charge in [-0.05, 0) is 51.0 Å². The summed E-state index contributed by atoms with van der Waals surface area (Å²) in [4.78, 5) is 17.1. The highest BCUT2D eigenvalue weighted by Gasteiger charge is 2.28. The summed E-state index contributed by atoms with van der Waals surface area (Å²) >= 11 is 0. The van der Waals surface area contributed by atoms with Crippen LogP contribution in [0.25, 0.3) is 5.69 Å². The normalized spacial score (nSPS) is 19.2. The maximum absolute atomic E-state index is 14.7. The molecule has 0 bridgehead atoms. The van der Waals surface area contributed by atoms with Gasteiger partial charge in [-0.25, -0.2) is 9.07 Å². The SMILES string of the molecule is Cc1cc(C)n(-c2ccc(C(=O)N3CCN(C4CCOCC4)CC3)cc2F)n1. The van der Waals surface area contributed by atoms with E-state index in [0.29, 0.717) is 30.4 Å². The van der Waals surface area contributed by atoms with E-state index in [1.165, 1.54) is 6.07 Å². The lowest BCUT2D eigenvalue weighted by atomic mass is 10.1. The van der Waals surface area contributed by atoms with Crippen molar-refractivity contribution >= 4 is 5.91 Å². The van der Waals surface area contributed by atoms with Gasteiger partial charge >= 0.3 is 0 Å². The first-order valence-corrected chi connectivity index (χ1v) is 9.97. The van der Waals surface area contributed by atoms with Gasteiger partial charge in [-0.1, -0.05) is 0 Å². The number of benzene rings is 1. The number of nitrogens with zero attached hydrogens (tertiary/aromatic N) is 4. The average molecular weight is 386 g/mol. The molecule has 1 aromatic carbocycles. The second-order valence-electron chi connectivity index (χ2n) is 7.68. The minimum absolute atomic E-state index is 0.106. The molecule has 7 heteroatoms. The molecule has 2 aliphatic rings. The molecule has 0 radical (unpaired) electrons. The lowest BCUT2D eigenvalue weighted by molar-refractivity contribution is 0.0137. The van der Waals surface area contributed by atoms with E-state index in [0.717, 1.165) is 50.5 Å². The molecule has 150 valence electrons. The molecule has 0 N–H and O–H groups in total. The molecule has 2 aliphatic heterocycles. The van der Waals surface area contributed by atoms with E-state index < -0.39 is 5.82 Å². The van der Waals surface area contributed by atoms with Gasteiger partial charge in [-0.15, -0.1) is 0 Å². The summed E-state index contributed by atoms with van der Waals surface area (Å²) in [6, 6.07) is 7.13. The highest BCUT2D eigenvalue weighted by molar-refractivity contribution is 5.94. The van der Waals surface area contributed by atoms with Crippen molar-refractivity contribution in [3.05, 3.63) is 47.0 Å². The van der Waals surface area contributed by atoms with Crippen molar-refractivity contribution in [1.29, 1.82) is 0 Å². The number of aryl methyl sites for hydroxylation is 2. The zero-order valence-corrected chi connectivity index (χ0v) is 16.5. The fraction of sp³-hybridized carbons (Fsp3) is 0.524. The van der Waals surface area contributed by atoms with Crippen molar-refractivity contribution in [1.82, 2.24) is 19.6 Å². The molecule has 28 heavy (non-hydrogen) atoms. The number of hydrogen-bond donors (Lipinski definition) is 0. The molecular formula is C21H27FN4O2. The Morgan fingerprint density at radius 1 is 1.11 bits per heavy atom. The molecule has 1 amide bonds. The highest BCUT2D eigenvalue weighted by Crippen LogP contribution is 2.20. The molecule has 0 spiro atoms. The van der Waals surface area contributed by atoms with Gasteiger partial charge in [-0.2, -0.15) is 5.10 Å². The van der Waals surface area contributed by atoms with Crippen molar-refractivity contribution in [3.63, 3.8) is 0 Å². The predicted molar refractivity (Wildman–Crippen MR) is 104 cm³/mol. The van der Waals surface area contributed by atoms with Gasteiger partial charge in [0.05, 0.1) is 5.69 Å². The molecule has 2 aromatic rings. The average Bonchev–Trinajstić information content (AvgIpc) is 3.06. The second kappa shape index (κ2) is 8.01. The number of halogens is 1. The van der Waals surface area contributed by atoms with Crippen LogP contribution in [0.1, 0.15) is 34.6 Å². The lowest BCUT2D eigenvalue weighted by Gasteiger charge is -2.40. The number of hydrogen-bond acceptors (Lipinski definition) is 4. The summed E-state index contributed by atoms with van der Waals surface area (Å²) in [6.45, 7) is 8.49. The molecule has 1 aromatic heterocycles. The molecule has 0 aliphatic carbocycles. The monoisotopic (exact) mass is 386 g/mol. The van der Waals surface area contributed by atoms with Gasteiger partial charge in [0.2, 0.25) is 0 Å². The first-order chi connectivity index (χ1) is 13.5. The lowest BCUT2D eigenvalue weighted by Crippen LogP contribution is -2.53. The molecule has 6 nitrogen and oxygen atoms in total. The number of rotatable bonds is 3. The topological polar surface area (TPSA) is 50.6 Å². The summed E-state index contributed by atoms with van der Waals surface area (Å²) in [7, 11) is 0. The van der Waals surface area contributed by atoms with E-state index in [2.05, 4.69) is 10.00 Å². The minimum Gasteiger partial charge on any atom is -0.381 e. The van der Waals surface area contributed by atoms with Crippen molar-refractivity contribution in [2.24, 2.45) is 0 Å². The van der Waals surface area contributed by atoms with E-state index in [1.807, 2.05) is 24.8 Å².